The monoisotopic (exact) mass is 504 g/mol. The summed E-state index contributed by atoms with van der Waals surface area (Å²) in [5.74, 6) is 0. The molecule has 5 N–H and O–H groups in total. The molecule has 1 aromatic rings. The van der Waals surface area contributed by atoms with E-state index in [0.717, 1.165) is 4.57 Å². The van der Waals surface area contributed by atoms with Crippen molar-refractivity contribution in [3.63, 3.8) is 0 Å². The third kappa shape index (κ3) is 8.17. The molecule has 1 saturated heterocycles. The van der Waals surface area contributed by atoms with Gasteiger partial charge in [0, 0.05) is 18.2 Å². The van der Waals surface area contributed by atoms with Gasteiger partial charge in [0.1, 0.15) is 12.3 Å². The van der Waals surface area contributed by atoms with Gasteiger partial charge in [-0.2, -0.15) is 4.31 Å². The molecule has 0 amide bonds. The topological polar surface area (TPSA) is 247 Å². The molecular weight excluding hydrogens is 488 g/mol. The van der Waals surface area contributed by atoms with Crippen LogP contribution in [0.15, 0.2) is 15.8 Å². The first-order valence-electron chi connectivity index (χ1n) is 7.51. The van der Waals surface area contributed by atoms with E-state index in [1.807, 2.05) is 4.98 Å². The number of aliphatic hydroxyl groups excluding tert-OH is 1. The summed E-state index contributed by atoms with van der Waals surface area (Å²) in [4.78, 5) is 62.4. The molecule has 1 aliphatic heterocycles. The van der Waals surface area contributed by atoms with Crippen LogP contribution in [0.1, 0.15) is 18.2 Å². The molecule has 3 unspecified atom stereocenters. The molecule has 166 valence electrons. The van der Waals surface area contributed by atoms with Crippen LogP contribution in [0.5, 0.6) is 0 Å². The number of rotatable bonds is 8. The van der Waals surface area contributed by atoms with Crippen LogP contribution in [0, 0.1) is 6.92 Å². The zero-order valence-corrected chi connectivity index (χ0v) is 20.1. The van der Waals surface area contributed by atoms with E-state index in [1.165, 1.54) is 13.1 Å². The largest absolute Gasteiger partial charge is 1.00 e. The van der Waals surface area contributed by atoms with Gasteiger partial charge in [-0.1, -0.05) is 0 Å². The predicted octanol–water partition coefficient (Wildman–Crippen LogP) is -4.79. The minimum atomic E-state index is -5.78. The second-order valence-electron chi connectivity index (χ2n) is 5.78. The average Bonchev–Trinajstić information content (AvgIpc) is 2.86. The molecular formula is C10H16N2NaO14P3. The third-order valence-electron chi connectivity index (χ3n) is 3.47. The number of aromatic nitrogens is 2. The predicted molar refractivity (Wildman–Crippen MR) is 88.2 cm³/mol. The van der Waals surface area contributed by atoms with Crippen LogP contribution < -0.4 is 45.7 Å². The SMILES string of the molecule is Cc1cn([C@H]2C[C@H](O)[C@@H](COP(=O)(O)OP(=O)(O)OP(=O)([O-])O)O2)c(=O)[nH]c1=O.[Na+]. The Kier molecular flexibility index (Phi) is 9.63. The van der Waals surface area contributed by atoms with Gasteiger partial charge in [-0.15, -0.1) is 0 Å². The summed E-state index contributed by atoms with van der Waals surface area (Å²) in [6.07, 6.45) is -2.71. The van der Waals surface area contributed by atoms with Gasteiger partial charge in [-0.3, -0.25) is 23.4 Å². The standard InChI is InChI=1S/C10H17N2O14P3.Na/c1-5-3-12(10(15)11-9(5)14)8-2-6(13)7(24-8)4-23-28(19,20)26-29(21,22)25-27(16,17)18;/h3,6-8,13H,2,4H2,1H3,(H,19,20)(H,21,22)(H,11,14,15)(H2,16,17,18);/q;+1/p-1/t6-,7+,8+;/m0./s1. The quantitative estimate of drug-likeness (QED) is 0.165. The number of nitrogens with zero attached hydrogens (tertiary/aromatic N) is 1. The van der Waals surface area contributed by atoms with Crippen molar-refractivity contribution in [3.05, 3.63) is 32.6 Å². The first-order chi connectivity index (χ1) is 13.1. The van der Waals surface area contributed by atoms with Gasteiger partial charge < -0.3 is 29.4 Å². The Hall–Kier alpha value is 0.01000. The summed E-state index contributed by atoms with van der Waals surface area (Å²) in [7, 11) is -16.9. The van der Waals surface area contributed by atoms with Crippen LogP contribution >= 0.6 is 23.5 Å². The van der Waals surface area contributed by atoms with Gasteiger partial charge in [-0.25, -0.2) is 18.2 Å². The number of hydrogen-bond donors (Lipinski definition) is 5. The van der Waals surface area contributed by atoms with E-state index < -0.39 is 59.8 Å². The van der Waals surface area contributed by atoms with Crippen LogP contribution in [0.3, 0.4) is 0 Å². The van der Waals surface area contributed by atoms with E-state index in [4.69, 9.17) is 14.5 Å². The van der Waals surface area contributed by atoms with Crippen LogP contribution in [0.2, 0.25) is 0 Å². The number of aryl methyl sites for hydroxylation is 1. The molecule has 0 aromatic carbocycles. The molecule has 0 saturated carbocycles. The second-order valence-corrected chi connectivity index (χ2v) is 10.2. The molecule has 1 fully saturated rings. The maximum Gasteiger partial charge on any atom is 1.00 e. The van der Waals surface area contributed by atoms with Gasteiger partial charge >= 0.3 is 50.9 Å². The number of aromatic amines is 1. The summed E-state index contributed by atoms with van der Waals surface area (Å²) >= 11 is 0. The van der Waals surface area contributed by atoms with E-state index in [1.54, 1.807) is 0 Å². The first-order valence-corrected chi connectivity index (χ1v) is 12.0. The van der Waals surface area contributed by atoms with E-state index in [-0.39, 0.29) is 41.5 Å². The summed E-state index contributed by atoms with van der Waals surface area (Å²) < 4.78 is 50.9. The Morgan fingerprint density at radius 1 is 1.23 bits per heavy atom. The van der Waals surface area contributed by atoms with Crippen molar-refractivity contribution in [2.75, 3.05) is 6.61 Å². The summed E-state index contributed by atoms with van der Waals surface area (Å²) in [5.41, 5.74) is -1.28. The summed E-state index contributed by atoms with van der Waals surface area (Å²) in [6, 6.07) is 0. The molecule has 0 radical (unpaired) electrons. The Balaban J connectivity index is 0.00000450. The number of hydrogen-bond acceptors (Lipinski definition) is 11. The second kappa shape index (κ2) is 10.3. The Labute approximate surface area is 189 Å². The zero-order valence-electron chi connectivity index (χ0n) is 15.4. The number of phosphoric ester groups is 1. The number of H-pyrrole nitrogens is 1. The molecule has 16 nitrogen and oxygen atoms in total. The molecule has 0 aliphatic carbocycles. The third-order valence-corrected chi connectivity index (χ3v) is 7.25. The fourth-order valence-corrected chi connectivity index (χ4v) is 5.30. The van der Waals surface area contributed by atoms with Crippen molar-refractivity contribution >= 4 is 23.5 Å². The Bertz CT molecular complexity index is 1020. The molecule has 1 aliphatic rings. The normalized spacial score (nSPS) is 27.5. The fraction of sp³-hybridized carbons (Fsp3) is 0.600. The smallest absolute Gasteiger partial charge is 0.756 e. The minimum Gasteiger partial charge on any atom is -0.756 e. The van der Waals surface area contributed by atoms with Gasteiger partial charge in [0.15, 0.2) is 0 Å². The number of phosphoric acid groups is 3. The maximum atomic E-state index is 11.8. The number of ether oxygens (including phenoxy) is 1. The number of nitrogens with one attached hydrogen (secondary N) is 1. The molecule has 2 rings (SSSR count). The molecule has 0 bridgehead atoms. The molecule has 6 atom stereocenters. The zero-order chi connectivity index (χ0) is 22.2. The van der Waals surface area contributed by atoms with Crippen molar-refractivity contribution in [1.29, 1.82) is 0 Å². The molecule has 1 aromatic heterocycles. The van der Waals surface area contributed by atoms with Crippen molar-refractivity contribution in [1.82, 2.24) is 9.55 Å². The van der Waals surface area contributed by atoms with Crippen LogP contribution in [-0.4, -0.2) is 48.2 Å². The molecule has 0 spiro atoms. The van der Waals surface area contributed by atoms with Gasteiger partial charge in [-0.05, 0) is 6.92 Å². The molecule has 20 heteroatoms. The molecule has 2 heterocycles. The maximum absolute atomic E-state index is 11.8. The summed E-state index contributed by atoms with van der Waals surface area (Å²) in [6.45, 7) is 0.527. The van der Waals surface area contributed by atoms with Crippen LogP contribution in [0.4, 0.5) is 0 Å². The van der Waals surface area contributed by atoms with Gasteiger partial charge in [0.05, 0.1) is 12.7 Å². The van der Waals surface area contributed by atoms with Gasteiger partial charge in [0.2, 0.25) is 0 Å². The van der Waals surface area contributed by atoms with Crippen molar-refractivity contribution in [2.45, 2.75) is 31.8 Å². The Morgan fingerprint density at radius 3 is 2.40 bits per heavy atom. The van der Waals surface area contributed by atoms with Crippen LogP contribution in [-0.2, 0) is 31.6 Å². The van der Waals surface area contributed by atoms with E-state index in [9.17, 15) is 38.2 Å². The first kappa shape index (κ1) is 28.0. The van der Waals surface area contributed by atoms with Crippen LogP contribution in [0.25, 0.3) is 0 Å². The summed E-state index contributed by atoms with van der Waals surface area (Å²) in [5, 5.41) is 9.97. The Morgan fingerprint density at radius 2 is 1.83 bits per heavy atom. The van der Waals surface area contributed by atoms with E-state index in [0.29, 0.717) is 0 Å². The van der Waals surface area contributed by atoms with Gasteiger partial charge in [0.25, 0.3) is 13.4 Å². The van der Waals surface area contributed by atoms with E-state index in [2.05, 4.69) is 13.1 Å². The van der Waals surface area contributed by atoms with Crippen molar-refractivity contribution < 1.29 is 85.8 Å². The van der Waals surface area contributed by atoms with Crippen molar-refractivity contribution in [3.8, 4) is 0 Å². The fourth-order valence-electron chi connectivity index (χ4n) is 2.30. The average molecular weight is 504 g/mol. The van der Waals surface area contributed by atoms with E-state index >= 15 is 0 Å². The van der Waals surface area contributed by atoms with Crippen molar-refractivity contribution in [2.24, 2.45) is 0 Å². The molecule has 30 heavy (non-hydrogen) atoms. The minimum absolute atomic E-state index is 0. The number of aliphatic hydroxyl groups is 1.